The largest absolute Gasteiger partial charge is 0.489 e. The lowest BCUT2D eigenvalue weighted by Crippen LogP contribution is -2.44. The van der Waals surface area contributed by atoms with Crippen molar-refractivity contribution in [1.29, 1.82) is 0 Å². The summed E-state index contributed by atoms with van der Waals surface area (Å²) in [4.78, 5) is 62.5. The van der Waals surface area contributed by atoms with Gasteiger partial charge in [-0.05, 0) is 104 Å². The second kappa shape index (κ2) is 26.7. The maximum absolute atomic E-state index is 12.4. The number of nitrogens with zero attached hydrogens (tertiary/aromatic N) is 6. The summed E-state index contributed by atoms with van der Waals surface area (Å²) in [6, 6.07) is 23.6. The van der Waals surface area contributed by atoms with E-state index in [2.05, 4.69) is 9.97 Å². The lowest BCUT2D eigenvalue weighted by atomic mass is 10.1. The molecule has 4 aromatic carbocycles. The van der Waals surface area contributed by atoms with Gasteiger partial charge in [0, 0.05) is 87.6 Å². The number of carbonyl (C=O) groups is 4. The monoisotopic (exact) mass is 1350 g/mol. The predicted octanol–water partition coefficient (Wildman–Crippen LogP) is 12.3. The fourth-order valence-corrected chi connectivity index (χ4v) is 13.8. The summed E-state index contributed by atoms with van der Waals surface area (Å²) in [5, 5.41) is 1.95. The average molecular weight is 1350 g/mol. The molecule has 4 amide bonds. The third-order valence-corrected chi connectivity index (χ3v) is 19.7. The van der Waals surface area contributed by atoms with Gasteiger partial charge < -0.3 is 49.7 Å². The zero-order chi connectivity index (χ0) is 65.4. The van der Waals surface area contributed by atoms with E-state index in [0.29, 0.717) is 117 Å². The van der Waals surface area contributed by atoms with Crippen molar-refractivity contribution in [1.82, 2.24) is 28.9 Å². The molecule has 0 aliphatic carbocycles. The average Bonchev–Trinajstić information content (AvgIpc) is 1.71. The van der Waals surface area contributed by atoms with Gasteiger partial charge in [0.2, 0.25) is 0 Å². The van der Waals surface area contributed by atoms with E-state index in [9.17, 15) is 36.0 Å². The molecule has 0 unspecified atom stereocenters. The molecule has 2 aliphatic heterocycles. The van der Waals surface area contributed by atoms with Crippen LogP contribution in [0.1, 0.15) is 124 Å². The highest BCUT2D eigenvalue weighted by atomic mass is 35.5. The SMILES string of the molecule is C[C@@H](Oc1cc(-n2cnc3cc(S(C)(=O)=O)ccc32)sc1C(N)=O)c1cccc(OC2CCN(C(=O)OC(C)(C)C)CC2)c1Cl.C[C@@H](Oc1cc(-n2cnc3ccc(S(C)(=O)=O)cc32)sc1C(N)=O)c1cccc(OC2CCN(C(=O)OC(C)(C)C)CC2)c1Cl. The number of fused-ring (bicyclic) bond motifs is 2. The van der Waals surface area contributed by atoms with Gasteiger partial charge in [0.25, 0.3) is 11.8 Å². The van der Waals surface area contributed by atoms with Gasteiger partial charge in [0.1, 0.15) is 91.0 Å². The van der Waals surface area contributed by atoms with Crippen molar-refractivity contribution in [3.05, 3.63) is 129 Å². The molecule has 90 heavy (non-hydrogen) atoms. The quantitative estimate of drug-likeness (QED) is 0.0909. The van der Waals surface area contributed by atoms with Gasteiger partial charge in [-0.15, -0.1) is 22.7 Å². The Morgan fingerprint density at radius 1 is 0.556 bits per heavy atom. The summed E-state index contributed by atoms with van der Waals surface area (Å²) in [5.74, 6) is 0.205. The number of piperidine rings is 2. The number of imidazole rings is 2. The second-order valence-electron chi connectivity index (χ2n) is 23.8. The highest BCUT2D eigenvalue weighted by Gasteiger charge is 2.32. The number of hydrogen-bond acceptors (Lipinski definition) is 18. The third-order valence-electron chi connectivity index (χ3n) is 14.4. The first-order chi connectivity index (χ1) is 42.2. The first kappa shape index (κ1) is 66.8. The summed E-state index contributed by atoms with van der Waals surface area (Å²) < 4.78 is 87.6. The van der Waals surface area contributed by atoms with Crippen LogP contribution in [0.5, 0.6) is 23.0 Å². The van der Waals surface area contributed by atoms with Crippen molar-refractivity contribution in [2.24, 2.45) is 11.5 Å². The number of amides is 4. The predicted molar refractivity (Wildman–Crippen MR) is 345 cm³/mol. The Labute approximate surface area is 539 Å². The van der Waals surface area contributed by atoms with Crippen LogP contribution in [0.15, 0.2) is 107 Å². The summed E-state index contributed by atoms with van der Waals surface area (Å²) in [7, 11) is -6.84. The van der Waals surface area contributed by atoms with Gasteiger partial charge in [-0.3, -0.25) is 18.7 Å². The Morgan fingerprint density at radius 3 is 1.37 bits per heavy atom. The van der Waals surface area contributed by atoms with E-state index < -0.39 is 54.9 Å². The molecule has 0 saturated carbocycles. The minimum Gasteiger partial charge on any atom is -0.489 e. The van der Waals surface area contributed by atoms with Crippen LogP contribution in [0.3, 0.4) is 0 Å². The van der Waals surface area contributed by atoms with E-state index in [4.69, 9.17) is 63.1 Å². The molecule has 0 spiro atoms. The molecule has 8 aromatic rings. The number of rotatable bonds is 16. The molecule has 0 bridgehead atoms. The maximum Gasteiger partial charge on any atom is 0.410 e. The van der Waals surface area contributed by atoms with Crippen LogP contribution in [0.25, 0.3) is 32.1 Å². The van der Waals surface area contributed by atoms with E-state index in [1.54, 1.807) is 74.9 Å². The molecule has 480 valence electrons. The zero-order valence-corrected chi connectivity index (χ0v) is 55.9. The maximum atomic E-state index is 12.4. The fraction of sp³-hybridized carbons (Fsp3) is 0.387. The van der Waals surface area contributed by atoms with Gasteiger partial charge in [0.15, 0.2) is 19.7 Å². The topological polar surface area (TPSA) is 286 Å². The Morgan fingerprint density at radius 2 is 0.956 bits per heavy atom. The van der Waals surface area contributed by atoms with E-state index >= 15 is 0 Å². The number of sulfone groups is 2. The molecule has 6 heterocycles. The molecule has 2 saturated heterocycles. The summed E-state index contributed by atoms with van der Waals surface area (Å²) >= 11 is 15.9. The van der Waals surface area contributed by atoms with Gasteiger partial charge in [-0.25, -0.2) is 36.4 Å². The Kier molecular flexibility index (Phi) is 19.8. The van der Waals surface area contributed by atoms with Crippen LogP contribution in [0, 0.1) is 0 Å². The van der Waals surface area contributed by atoms with Crippen LogP contribution in [-0.4, -0.2) is 132 Å². The Hall–Kier alpha value is -7.62. The van der Waals surface area contributed by atoms with Gasteiger partial charge in [-0.2, -0.15) is 0 Å². The molecule has 2 fully saturated rings. The standard InChI is InChI=1S/2C31H35ClN4O7S2/c1-18(21-7-6-8-24(27(21)32)42-19-11-13-35(14-12-19)30(38)43-31(2,3)4)41-25-16-26(44-28(25)29(33)37)36-17-34-22-15-20(45(5,39)40)9-10-23(22)36;1-18(21-7-6-8-24(27(21)32)42-19-11-13-35(14-12-19)30(38)43-31(2,3)4)41-25-16-26(44-28(25)29(33)37)36-17-34-22-10-9-20(15-23(22)36)45(5,39)40/h2*6-10,15-19H,11-14H2,1-5H3,(H2,33,37)/t2*18-/m11/s1. The van der Waals surface area contributed by atoms with E-state index in [-0.39, 0.29) is 55.4 Å². The lowest BCUT2D eigenvalue weighted by molar-refractivity contribution is 0.0115. The number of aromatic nitrogens is 4. The Balaban J connectivity index is 0.000000213. The van der Waals surface area contributed by atoms with Crippen LogP contribution in [0.2, 0.25) is 10.0 Å². The normalized spacial score (nSPS) is 15.2. The number of carbonyl (C=O) groups excluding carboxylic acids is 4. The highest BCUT2D eigenvalue weighted by molar-refractivity contribution is 7.91. The second-order valence-corrected chi connectivity index (χ2v) is 30.6. The first-order valence-electron chi connectivity index (χ1n) is 28.6. The molecular formula is C62H70Cl2N8O14S4. The van der Waals surface area contributed by atoms with E-state index in [1.165, 1.54) is 24.3 Å². The molecule has 10 rings (SSSR count). The number of benzene rings is 4. The number of likely N-dealkylation sites (tertiary alicyclic amines) is 2. The number of hydrogen-bond donors (Lipinski definition) is 2. The van der Waals surface area contributed by atoms with Crippen LogP contribution < -0.4 is 30.4 Å². The number of ether oxygens (including phenoxy) is 6. The molecular weight excluding hydrogens is 1280 g/mol. The molecule has 28 heteroatoms. The van der Waals surface area contributed by atoms with Crippen molar-refractivity contribution < 1.29 is 64.4 Å². The fourth-order valence-electron chi connectivity index (χ4n) is 9.97. The van der Waals surface area contributed by atoms with Crippen molar-refractivity contribution in [2.75, 3.05) is 38.7 Å². The molecule has 0 radical (unpaired) electrons. The van der Waals surface area contributed by atoms with Gasteiger partial charge >= 0.3 is 12.2 Å². The van der Waals surface area contributed by atoms with Crippen LogP contribution in [-0.2, 0) is 29.1 Å². The number of nitrogens with two attached hydrogens (primary N) is 2. The number of primary amides is 2. The van der Waals surface area contributed by atoms with Crippen LogP contribution >= 0.6 is 45.9 Å². The summed E-state index contributed by atoms with van der Waals surface area (Å²) in [6.45, 7) is 16.7. The zero-order valence-electron chi connectivity index (χ0n) is 51.1. The summed E-state index contributed by atoms with van der Waals surface area (Å²) in [6.07, 6.45) is 5.78. The van der Waals surface area contributed by atoms with Gasteiger partial charge in [-0.1, -0.05) is 47.5 Å². The number of thiophene rings is 2. The van der Waals surface area contributed by atoms with Crippen molar-refractivity contribution >= 4 is 112 Å². The van der Waals surface area contributed by atoms with Crippen molar-refractivity contribution in [3.8, 4) is 33.0 Å². The third kappa shape index (κ3) is 15.9. The Bertz CT molecular complexity index is 4250. The lowest BCUT2D eigenvalue weighted by Gasteiger charge is -2.33. The van der Waals surface area contributed by atoms with Crippen molar-refractivity contribution in [2.45, 2.75) is 126 Å². The molecule has 2 atom stereocenters. The van der Waals surface area contributed by atoms with E-state index in [1.807, 2.05) is 72.7 Å². The van der Waals surface area contributed by atoms with Crippen LogP contribution in [0.4, 0.5) is 9.59 Å². The van der Waals surface area contributed by atoms with Crippen molar-refractivity contribution in [3.63, 3.8) is 0 Å². The minimum atomic E-state index is -3.44. The van der Waals surface area contributed by atoms with E-state index in [0.717, 1.165) is 35.2 Å². The smallest absolute Gasteiger partial charge is 0.410 e. The molecule has 2 aliphatic rings. The molecule has 22 nitrogen and oxygen atoms in total. The highest BCUT2D eigenvalue weighted by Crippen LogP contribution is 2.42. The molecule has 4 aromatic heterocycles. The molecule has 4 N–H and O–H groups in total. The minimum absolute atomic E-state index is 0.132. The summed E-state index contributed by atoms with van der Waals surface area (Å²) in [5.41, 5.74) is 13.9. The number of halogens is 2. The first-order valence-corrected chi connectivity index (χ1v) is 34.8. The van der Waals surface area contributed by atoms with Gasteiger partial charge in [0.05, 0.1) is 41.9 Å².